The van der Waals surface area contributed by atoms with E-state index >= 15 is 0 Å². The van der Waals surface area contributed by atoms with E-state index in [4.69, 9.17) is 10.5 Å². The summed E-state index contributed by atoms with van der Waals surface area (Å²) in [6, 6.07) is 7.04. The molecule has 0 radical (unpaired) electrons. The smallest absolute Gasteiger partial charge is 0.166 e. The van der Waals surface area contributed by atoms with Gasteiger partial charge in [-0.2, -0.15) is 0 Å². The Kier molecular flexibility index (Phi) is 4.85. The maximum Gasteiger partial charge on any atom is 0.166 e. The molecule has 2 N–H and O–H groups in total. The number of hydrogen-bond acceptors (Lipinski definition) is 2. The summed E-state index contributed by atoms with van der Waals surface area (Å²) >= 11 is 0. The van der Waals surface area contributed by atoms with Crippen molar-refractivity contribution in [1.82, 2.24) is 0 Å². The Balaban J connectivity index is 2.34. The molecule has 0 heterocycles. The van der Waals surface area contributed by atoms with Crippen LogP contribution in [0.3, 0.4) is 0 Å². The third kappa shape index (κ3) is 3.98. The van der Waals surface area contributed by atoms with Crippen molar-refractivity contribution in [3.05, 3.63) is 59.4 Å². The maximum atomic E-state index is 13.9. The third-order valence-corrected chi connectivity index (χ3v) is 3.11. The van der Waals surface area contributed by atoms with Gasteiger partial charge in [-0.25, -0.2) is 13.2 Å². The summed E-state index contributed by atoms with van der Waals surface area (Å²) in [4.78, 5) is 0. The molecule has 0 saturated heterocycles. The Bertz CT molecular complexity index is 611. The monoisotopic (exact) mass is 295 g/mol. The Labute approximate surface area is 121 Å². The lowest BCUT2D eigenvalue weighted by atomic mass is 10.0. The molecule has 0 aliphatic carbocycles. The molecule has 21 heavy (non-hydrogen) atoms. The number of rotatable bonds is 5. The molecule has 0 bridgehead atoms. The zero-order valence-corrected chi connectivity index (χ0v) is 11.6. The number of benzene rings is 2. The molecular formula is C16H16F3NO. The highest BCUT2D eigenvalue weighted by Gasteiger charge is 2.14. The van der Waals surface area contributed by atoms with Crippen molar-refractivity contribution in [1.29, 1.82) is 0 Å². The summed E-state index contributed by atoms with van der Waals surface area (Å²) in [7, 11) is 0. The van der Waals surface area contributed by atoms with Gasteiger partial charge in [0.05, 0.1) is 0 Å². The lowest BCUT2D eigenvalue weighted by Gasteiger charge is -2.15. The van der Waals surface area contributed by atoms with Gasteiger partial charge in [-0.15, -0.1) is 0 Å². The van der Waals surface area contributed by atoms with Crippen LogP contribution in [0.4, 0.5) is 13.2 Å². The summed E-state index contributed by atoms with van der Waals surface area (Å²) in [5, 5.41) is 0. The van der Waals surface area contributed by atoms with E-state index in [2.05, 4.69) is 0 Å². The van der Waals surface area contributed by atoms with Crippen LogP contribution in [0.15, 0.2) is 36.4 Å². The fourth-order valence-electron chi connectivity index (χ4n) is 1.96. The Morgan fingerprint density at radius 2 is 1.76 bits per heavy atom. The Morgan fingerprint density at radius 1 is 1.10 bits per heavy atom. The van der Waals surface area contributed by atoms with Crippen LogP contribution >= 0.6 is 0 Å². The van der Waals surface area contributed by atoms with Crippen LogP contribution in [-0.2, 0) is 6.42 Å². The van der Waals surface area contributed by atoms with Crippen molar-refractivity contribution in [2.24, 2.45) is 5.73 Å². The molecule has 2 aromatic rings. The van der Waals surface area contributed by atoms with Crippen LogP contribution in [0, 0.1) is 17.5 Å². The molecule has 112 valence electrons. The number of ether oxygens (including phenoxy) is 1. The van der Waals surface area contributed by atoms with Crippen LogP contribution in [0.25, 0.3) is 0 Å². The van der Waals surface area contributed by atoms with Gasteiger partial charge in [-0.05, 0) is 24.5 Å². The Morgan fingerprint density at radius 3 is 2.38 bits per heavy atom. The van der Waals surface area contributed by atoms with Crippen LogP contribution in [0.1, 0.15) is 18.9 Å². The van der Waals surface area contributed by atoms with Crippen molar-refractivity contribution in [2.75, 3.05) is 0 Å². The fourth-order valence-corrected chi connectivity index (χ4v) is 1.96. The molecule has 2 nitrogen and oxygen atoms in total. The van der Waals surface area contributed by atoms with E-state index < -0.39 is 17.5 Å². The van der Waals surface area contributed by atoms with Gasteiger partial charge in [0.15, 0.2) is 11.6 Å². The molecule has 0 aliphatic heterocycles. The quantitative estimate of drug-likeness (QED) is 0.898. The summed E-state index contributed by atoms with van der Waals surface area (Å²) in [5.74, 6) is -2.31. The molecular weight excluding hydrogens is 279 g/mol. The highest BCUT2D eigenvalue weighted by molar-refractivity contribution is 5.39. The van der Waals surface area contributed by atoms with Crippen LogP contribution in [0.2, 0.25) is 0 Å². The van der Waals surface area contributed by atoms with Crippen LogP contribution < -0.4 is 10.5 Å². The number of hydrogen-bond donors (Lipinski definition) is 1. The second-order valence-electron chi connectivity index (χ2n) is 4.81. The average Bonchev–Trinajstić information content (AvgIpc) is 2.41. The second-order valence-corrected chi connectivity index (χ2v) is 4.81. The van der Waals surface area contributed by atoms with Gasteiger partial charge >= 0.3 is 0 Å². The largest absolute Gasteiger partial charge is 0.454 e. The highest BCUT2D eigenvalue weighted by atomic mass is 19.1. The minimum absolute atomic E-state index is 0.0496. The van der Waals surface area contributed by atoms with Crippen molar-refractivity contribution in [3.8, 4) is 11.5 Å². The van der Waals surface area contributed by atoms with Crippen LogP contribution in [0.5, 0.6) is 11.5 Å². The normalized spacial score (nSPS) is 12.2. The molecule has 2 aromatic carbocycles. The van der Waals surface area contributed by atoms with E-state index in [1.807, 2.05) is 6.92 Å². The number of halogens is 3. The first-order valence-electron chi connectivity index (χ1n) is 6.66. The van der Waals surface area contributed by atoms with Crippen molar-refractivity contribution < 1.29 is 17.9 Å². The van der Waals surface area contributed by atoms with E-state index in [0.29, 0.717) is 12.0 Å². The molecule has 0 fully saturated rings. The van der Waals surface area contributed by atoms with Crippen LogP contribution in [-0.4, -0.2) is 6.04 Å². The van der Waals surface area contributed by atoms with E-state index in [9.17, 15) is 13.2 Å². The first-order chi connectivity index (χ1) is 9.99. The minimum Gasteiger partial charge on any atom is -0.454 e. The standard InChI is InChI=1S/C16H16F3NO/c1-2-13(20)6-10-4-3-5-15(19)16(10)21-14-8-11(17)7-12(18)9-14/h3-5,7-9,13H,2,6,20H2,1H3. The molecule has 0 amide bonds. The fraction of sp³-hybridized carbons (Fsp3) is 0.250. The lowest BCUT2D eigenvalue weighted by Crippen LogP contribution is -2.21. The molecule has 2 rings (SSSR count). The zero-order valence-electron chi connectivity index (χ0n) is 11.6. The summed E-state index contributed by atoms with van der Waals surface area (Å²) in [5.41, 5.74) is 6.43. The number of para-hydroxylation sites is 1. The minimum atomic E-state index is -0.784. The maximum absolute atomic E-state index is 13.9. The SMILES string of the molecule is CCC(N)Cc1cccc(F)c1Oc1cc(F)cc(F)c1. The van der Waals surface area contributed by atoms with E-state index in [0.717, 1.165) is 24.6 Å². The first-order valence-corrected chi connectivity index (χ1v) is 6.66. The number of nitrogens with two attached hydrogens (primary N) is 1. The van der Waals surface area contributed by atoms with Crippen molar-refractivity contribution in [3.63, 3.8) is 0 Å². The lowest BCUT2D eigenvalue weighted by molar-refractivity contribution is 0.426. The summed E-state index contributed by atoms with van der Waals surface area (Å²) in [6.07, 6.45) is 1.14. The average molecular weight is 295 g/mol. The molecule has 0 aliphatic rings. The molecule has 5 heteroatoms. The van der Waals surface area contributed by atoms with E-state index in [1.54, 1.807) is 12.1 Å². The van der Waals surface area contributed by atoms with Gasteiger partial charge in [0.25, 0.3) is 0 Å². The van der Waals surface area contributed by atoms with Gasteiger partial charge in [0.1, 0.15) is 17.4 Å². The first kappa shape index (κ1) is 15.4. The topological polar surface area (TPSA) is 35.2 Å². The van der Waals surface area contributed by atoms with Gasteiger partial charge in [-0.3, -0.25) is 0 Å². The summed E-state index contributed by atoms with van der Waals surface area (Å²) in [6.45, 7) is 1.92. The molecule has 0 saturated carbocycles. The zero-order chi connectivity index (χ0) is 15.4. The van der Waals surface area contributed by atoms with Gasteiger partial charge in [0.2, 0.25) is 0 Å². The molecule has 0 spiro atoms. The molecule has 1 atom stereocenters. The third-order valence-electron chi connectivity index (χ3n) is 3.11. The van der Waals surface area contributed by atoms with Gasteiger partial charge in [0, 0.05) is 24.2 Å². The van der Waals surface area contributed by atoms with E-state index in [1.165, 1.54) is 6.07 Å². The van der Waals surface area contributed by atoms with Crippen molar-refractivity contribution >= 4 is 0 Å². The molecule has 1 unspecified atom stereocenters. The van der Waals surface area contributed by atoms with Gasteiger partial charge in [-0.1, -0.05) is 19.1 Å². The second kappa shape index (κ2) is 6.63. The predicted octanol–water partition coefficient (Wildman–Crippen LogP) is 4.18. The van der Waals surface area contributed by atoms with Gasteiger partial charge < -0.3 is 10.5 Å². The molecule has 0 aromatic heterocycles. The van der Waals surface area contributed by atoms with Crippen molar-refractivity contribution in [2.45, 2.75) is 25.8 Å². The Hall–Kier alpha value is -2.01. The predicted molar refractivity (Wildman–Crippen MR) is 74.8 cm³/mol. The van der Waals surface area contributed by atoms with E-state index in [-0.39, 0.29) is 17.5 Å². The highest BCUT2D eigenvalue weighted by Crippen LogP contribution is 2.30. The summed E-state index contributed by atoms with van der Waals surface area (Å²) < 4.78 is 45.6.